The molecule has 3 N–H and O–H groups in total. The molecular formula is C34H45N3O5. The first-order valence-corrected chi connectivity index (χ1v) is 14.5. The third-order valence-corrected chi connectivity index (χ3v) is 7.21. The molecule has 0 bridgehead atoms. The third kappa shape index (κ3) is 8.24. The van der Waals surface area contributed by atoms with Gasteiger partial charge in [-0.15, -0.1) is 0 Å². The van der Waals surface area contributed by atoms with Crippen molar-refractivity contribution in [3.63, 3.8) is 0 Å². The summed E-state index contributed by atoms with van der Waals surface area (Å²) in [5.41, 5.74) is -0.747. The molecule has 2 unspecified atom stereocenters. The minimum absolute atomic E-state index is 0.0514. The Labute approximate surface area is 249 Å². The highest BCUT2D eigenvalue weighted by Crippen LogP contribution is 2.37. The zero-order valence-electron chi connectivity index (χ0n) is 26.0. The van der Waals surface area contributed by atoms with Crippen molar-refractivity contribution in [3.8, 4) is 5.75 Å². The van der Waals surface area contributed by atoms with Gasteiger partial charge in [0, 0.05) is 16.8 Å². The monoisotopic (exact) mass is 575 g/mol. The Hall–Kier alpha value is -4.07. The number of carbonyl (C=O) groups excluding carboxylic acids is 3. The lowest BCUT2D eigenvalue weighted by Gasteiger charge is -2.44. The Balaban J connectivity index is 2.11. The highest BCUT2D eigenvalue weighted by Gasteiger charge is 2.44. The predicted molar refractivity (Wildman–Crippen MR) is 167 cm³/mol. The number of amides is 3. The highest BCUT2D eigenvalue weighted by atomic mass is 16.6. The van der Waals surface area contributed by atoms with Crippen molar-refractivity contribution in [1.29, 1.82) is 0 Å². The Morgan fingerprint density at radius 2 is 1.52 bits per heavy atom. The molecule has 0 aliphatic heterocycles. The zero-order valence-corrected chi connectivity index (χ0v) is 26.0. The van der Waals surface area contributed by atoms with Gasteiger partial charge < -0.3 is 25.4 Å². The predicted octanol–water partition coefficient (Wildman–Crippen LogP) is 7.18. The van der Waals surface area contributed by atoms with Crippen molar-refractivity contribution in [2.45, 2.75) is 91.5 Å². The molecule has 226 valence electrons. The molecule has 42 heavy (non-hydrogen) atoms. The number of carbonyl (C=O) groups is 3. The maximum Gasteiger partial charge on any atom is 0.408 e. The minimum Gasteiger partial charge on any atom is -0.508 e. The van der Waals surface area contributed by atoms with Gasteiger partial charge in [0.1, 0.15) is 23.4 Å². The number of phenolic OH excluding ortho intramolecular Hbond substituents is 1. The quantitative estimate of drug-likeness (QED) is 0.237. The molecule has 2 atom stereocenters. The van der Waals surface area contributed by atoms with Crippen LogP contribution >= 0.6 is 0 Å². The van der Waals surface area contributed by atoms with Gasteiger partial charge in [0.05, 0.1) is 0 Å². The number of phenols is 1. The van der Waals surface area contributed by atoms with E-state index in [1.165, 1.54) is 11.0 Å². The van der Waals surface area contributed by atoms with Crippen LogP contribution in [0, 0.1) is 5.92 Å². The van der Waals surface area contributed by atoms with Crippen LogP contribution in [0.1, 0.15) is 79.8 Å². The van der Waals surface area contributed by atoms with Gasteiger partial charge in [-0.1, -0.05) is 69.3 Å². The average molecular weight is 576 g/mol. The van der Waals surface area contributed by atoms with Gasteiger partial charge in [-0.25, -0.2) is 4.79 Å². The van der Waals surface area contributed by atoms with Gasteiger partial charge in [-0.3, -0.25) is 9.59 Å². The van der Waals surface area contributed by atoms with Crippen LogP contribution in [0.4, 0.5) is 10.5 Å². The fraction of sp³-hybridized carbons (Fsp3) is 0.441. The van der Waals surface area contributed by atoms with E-state index < -0.39 is 41.1 Å². The minimum atomic E-state index is -1.20. The fourth-order valence-electron chi connectivity index (χ4n) is 4.85. The molecule has 0 saturated carbocycles. The Morgan fingerprint density at radius 1 is 0.905 bits per heavy atom. The van der Waals surface area contributed by atoms with Crippen molar-refractivity contribution in [2.75, 3.05) is 5.32 Å². The van der Waals surface area contributed by atoms with E-state index in [2.05, 4.69) is 10.6 Å². The Kier molecular flexibility index (Phi) is 10.3. The number of hydrogen-bond acceptors (Lipinski definition) is 5. The number of alkyl carbamates (subject to hydrolysis) is 1. The summed E-state index contributed by atoms with van der Waals surface area (Å²) in [6.45, 7) is 14.9. The number of hydrogen-bond donors (Lipinski definition) is 3. The summed E-state index contributed by atoms with van der Waals surface area (Å²) < 4.78 is 5.48. The summed E-state index contributed by atoms with van der Waals surface area (Å²) in [6, 6.07) is 17.8. The highest BCUT2D eigenvalue weighted by molar-refractivity contribution is 6.01. The molecule has 0 aromatic heterocycles. The number of benzene rings is 3. The summed E-state index contributed by atoms with van der Waals surface area (Å²) in [6.07, 6.45) is 0.122. The molecule has 0 spiro atoms. The molecule has 0 heterocycles. The van der Waals surface area contributed by atoms with Crippen LogP contribution in [0.25, 0.3) is 10.8 Å². The maximum atomic E-state index is 14.5. The second-order valence-electron chi connectivity index (χ2n) is 12.7. The molecular weight excluding hydrogens is 530 g/mol. The lowest BCUT2D eigenvalue weighted by atomic mass is 9.90. The Morgan fingerprint density at radius 3 is 2.12 bits per heavy atom. The van der Waals surface area contributed by atoms with Gasteiger partial charge >= 0.3 is 6.09 Å². The first-order chi connectivity index (χ1) is 19.6. The molecule has 0 fully saturated rings. The van der Waals surface area contributed by atoms with Crippen molar-refractivity contribution < 1.29 is 24.2 Å². The van der Waals surface area contributed by atoms with Gasteiger partial charge in [0.2, 0.25) is 5.91 Å². The second-order valence-corrected chi connectivity index (χ2v) is 12.7. The summed E-state index contributed by atoms with van der Waals surface area (Å²) in [7, 11) is 0. The number of anilines is 1. The number of nitrogens with one attached hydrogen (secondary N) is 2. The molecule has 8 heteroatoms. The van der Waals surface area contributed by atoms with Crippen molar-refractivity contribution >= 4 is 34.4 Å². The maximum absolute atomic E-state index is 14.5. The summed E-state index contributed by atoms with van der Waals surface area (Å²) in [5.74, 6) is -0.984. The van der Waals surface area contributed by atoms with Crippen LogP contribution in [0.5, 0.6) is 5.75 Å². The lowest BCUT2D eigenvalue weighted by Crippen LogP contribution is -2.59. The number of aromatic hydroxyl groups is 1. The van der Waals surface area contributed by atoms with E-state index in [1.807, 2.05) is 77.1 Å². The lowest BCUT2D eigenvalue weighted by molar-refractivity contribution is -0.148. The summed E-state index contributed by atoms with van der Waals surface area (Å²) in [4.78, 5) is 43.1. The van der Waals surface area contributed by atoms with Crippen LogP contribution in [0.3, 0.4) is 0 Å². The molecule has 0 aliphatic rings. The molecule has 0 radical (unpaired) electrons. The van der Waals surface area contributed by atoms with Crippen molar-refractivity contribution in [3.05, 3.63) is 72.3 Å². The van der Waals surface area contributed by atoms with Crippen LogP contribution < -0.4 is 10.6 Å². The molecule has 0 saturated heterocycles. The largest absolute Gasteiger partial charge is 0.508 e. The molecule has 0 aliphatic carbocycles. The number of fused-ring (bicyclic) bond motifs is 1. The van der Waals surface area contributed by atoms with Crippen molar-refractivity contribution in [1.82, 2.24) is 10.2 Å². The third-order valence-electron chi connectivity index (χ3n) is 7.21. The standard InChI is InChI=1S/C34H45N3O5/c1-9-34(7,8)37(31(40)27(20-22(2)3)36-32(41)42-33(4,5)6)29(26-16-12-13-17-28(26)38)30(39)35-25-19-18-23-14-10-11-15-24(23)21-25/h10-19,21-22,27,29,38H,9,20H2,1-8H3,(H,35,39)(H,36,41). The van der Waals surface area contributed by atoms with Crippen molar-refractivity contribution in [2.24, 2.45) is 5.92 Å². The first-order valence-electron chi connectivity index (χ1n) is 14.5. The van der Waals surface area contributed by atoms with Gasteiger partial charge in [-0.05, 0) is 82.3 Å². The van der Waals surface area contributed by atoms with E-state index in [9.17, 15) is 19.5 Å². The zero-order chi connectivity index (χ0) is 31.2. The number of ether oxygens (including phenoxy) is 1. The van der Waals surface area contributed by atoms with Gasteiger partial charge in [0.25, 0.3) is 5.91 Å². The van der Waals surface area contributed by atoms with Crippen LogP contribution in [0.2, 0.25) is 0 Å². The van der Waals surface area contributed by atoms with E-state index in [-0.39, 0.29) is 17.2 Å². The number of nitrogens with zero attached hydrogens (tertiary/aromatic N) is 1. The SMILES string of the molecule is CCC(C)(C)N(C(=O)C(CC(C)C)NC(=O)OC(C)(C)C)C(C(=O)Nc1ccc2ccccc2c1)c1ccccc1O. The van der Waals surface area contributed by atoms with E-state index >= 15 is 0 Å². The molecule has 3 aromatic rings. The molecule has 8 nitrogen and oxygen atoms in total. The molecule has 3 aromatic carbocycles. The van der Waals surface area contributed by atoms with E-state index in [1.54, 1.807) is 39.0 Å². The number of para-hydroxylation sites is 1. The second kappa shape index (κ2) is 13.3. The summed E-state index contributed by atoms with van der Waals surface area (Å²) in [5, 5.41) is 18.7. The smallest absolute Gasteiger partial charge is 0.408 e. The van der Waals surface area contributed by atoms with E-state index in [4.69, 9.17) is 4.74 Å². The normalized spacial score (nSPS) is 13.4. The summed E-state index contributed by atoms with van der Waals surface area (Å²) >= 11 is 0. The molecule has 3 rings (SSSR count). The first kappa shape index (κ1) is 32.4. The van der Waals surface area contributed by atoms with Crippen LogP contribution in [0.15, 0.2) is 66.7 Å². The van der Waals surface area contributed by atoms with Crippen LogP contribution in [-0.4, -0.2) is 45.1 Å². The number of rotatable bonds is 10. The van der Waals surface area contributed by atoms with Crippen LogP contribution in [-0.2, 0) is 14.3 Å². The molecule has 3 amide bonds. The average Bonchev–Trinajstić information content (AvgIpc) is 2.90. The fourth-order valence-corrected chi connectivity index (χ4v) is 4.85. The Bertz CT molecular complexity index is 1410. The topological polar surface area (TPSA) is 108 Å². The van der Waals surface area contributed by atoms with E-state index in [0.717, 1.165) is 10.8 Å². The van der Waals surface area contributed by atoms with Gasteiger partial charge in [-0.2, -0.15) is 0 Å². The van der Waals surface area contributed by atoms with E-state index in [0.29, 0.717) is 18.5 Å². The van der Waals surface area contributed by atoms with Gasteiger partial charge in [0.15, 0.2) is 0 Å².